The van der Waals surface area contributed by atoms with Gasteiger partial charge in [0.1, 0.15) is 24.9 Å². The van der Waals surface area contributed by atoms with E-state index in [4.69, 9.17) is 28.4 Å². The van der Waals surface area contributed by atoms with Gasteiger partial charge in [-0.3, -0.25) is 0 Å². The zero-order valence-electron chi connectivity index (χ0n) is 18.1. The second-order valence-electron chi connectivity index (χ2n) is 8.23. The lowest BCUT2D eigenvalue weighted by atomic mass is 9.96. The molecule has 166 valence electrons. The van der Waals surface area contributed by atoms with Crippen molar-refractivity contribution < 1.29 is 28.4 Å². The monoisotopic (exact) mass is 426 g/mol. The Balaban J connectivity index is 1.59. The van der Waals surface area contributed by atoms with Gasteiger partial charge in [0.25, 0.3) is 0 Å². The largest absolute Gasteiger partial charge is 0.493 e. The first-order valence-electron chi connectivity index (χ1n) is 10.6. The van der Waals surface area contributed by atoms with Gasteiger partial charge >= 0.3 is 0 Å². The molecule has 6 heteroatoms. The van der Waals surface area contributed by atoms with Crippen LogP contribution in [0.2, 0.25) is 0 Å². The average Bonchev–Trinajstić information content (AvgIpc) is 3.09. The van der Waals surface area contributed by atoms with Gasteiger partial charge in [-0.25, -0.2) is 0 Å². The highest BCUT2D eigenvalue weighted by molar-refractivity contribution is 5.15. The van der Waals surface area contributed by atoms with Gasteiger partial charge in [0, 0.05) is 0 Å². The summed E-state index contributed by atoms with van der Waals surface area (Å²) in [5, 5.41) is 0. The lowest BCUT2D eigenvalue weighted by Crippen LogP contribution is -2.64. The van der Waals surface area contributed by atoms with Crippen molar-refractivity contribution in [2.75, 3.05) is 13.2 Å². The van der Waals surface area contributed by atoms with E-state index in [9.17, 15) is 0 Å². The Hall–Kier alpha value is -2.22. The maximum Gasteiger partial charge on any atom is 0.224 e. The number of benzene rings is 2. The van der Waals surface area contributed by atoms with E-state index >= 15 is 0 Å². The van der Waals surface area contributed by atoms with Crippen LogP contribution in [0.5, 0.6) is 0 Å². The standard InChI is InChI=1S/C25H30O6/c1-4-26-21-17-29-25(18-30-24(2,3)31-25)23(28-16-20-13-9-6-10-14-20)22(21)27-15-19-11-7-5-8-12-19/h4-14,21-23H,1,15-18H2,2-3H3/t21-,22+,23-,25+/m0/s1. The lowest BCUT2D eigenvalue weighted by molar-refractivity contribution is -0.352. The minimum Gasteiger partial charge on any atom is -0.493 e. The molecule has 0 aromatic heterocycles. The van der Waals surface area contributed by atoms with E-state index in [1.807, 2.05) is 74.5 Å². The summed E-state index contributed by atoms with van der Waals surface area (Å²) in [6.45, 7) is 8.75. The van der Waals surface area contributed by atoms with Gasteiger partial charge in [-0.2, -0.15) is 0 Å². The topological polar surface area (TPSA) is 55.4 Å². The Morgan fingerprint density at radius 1 is 0.935 bits per heavy atom. The number of ether oxygens (including phenoxy) is 6. The Labute approximate surface area is 183 Å². The summed E-state index contributed by atoms with van der Waals surface area (Å²) in [5.41, 5.74) is 2.11. The predicted molar refractivity (Wildman–Crippen MR) is 115 cm³/mol. The van der Waals surface area contributed by atoms with Gasteiger partial charge in [0.15, 0.2) is 5.79 Å². The smallest absolute Gasteiger partial charge is 0.224 e. The molecule has 2 fully saturated rings. The van der Waals surface area contributed by atoms with E-state index in [-0.39, 0.29) is 19.3 Å². The van der Waals surface area contributed by atoms with Crippen molar-refractivity contribution in [1.82, 2.24) is 0 Å². The Kier molecular flexibility index (Phi) is 6.74. The fourth-order valence-corrected chi connectivity index (χ4v) is 3.99. The van der Waals surface area contributed by atoms with Gasteiger partial charge in [-0.15, -0.1) is 0 Å². The highest BCUT2D eigenvalue weighted by Gasteiger charge is 2.60. The fraction of sp³-hybridized carbons (Fsp3) is 0.440. The summed E-state index contributed by atoms with van der Waals surface area (Å²) in [6, 6.07) is 20.0. The van der Waals surface area contributed by atoms with Crippen LogP contribution in [0.4, 0.5) is 0 Å². The molecule has 2 aliphatic rings. The average molecular weight is 427 g/mol. The second-order valence-corrected chi connectivity index (χ2v) is 8.23. The molecule has 0 radical (unpaired) electrons. The van der Waals surface area contributed by atoms with Gasteiger partial charge in [0.2, 0.25) is 5.79 Å². The molecule has 1 spiro atoms. The summed E-state index contributed by atoms with van der Waals surface area (Å²) in [6.07, 6.45) is -0.000250. The maximum atomic E-state index is 6.41. The van der Waals surface area contributed by atoms with Crippen LogP contribution in [0.1, 0.15) is 25.0 Å². The van der Waals surface area contributed by atoms with E-state index in [1.54, 1.807) is 0 Å². The molecule has 2 aromatic rings. The third-order valence-corrected chi connectivity index (χ3v) is 5.46. The van der Waals surface area contributed by atoms with Gasteiger partial charge in [0.05, 0.1) is 26.1 Å². The Morgan fingerprint density at radius 3 is 2.10 bits per heavy atom. The Morgan fingerprint density at radius 2 is 1.55 bits per heavy atom. The number of hydrogen-bond donors (Lipinski definition) is 0. The van der Waals surface area contributed by atoms with E-state index in [0.29, 0.717) is 13.2 Å². The number of hydrogen-bond acceptors (Lipinski definition) is 6. The van der Waals surface area contributed by atoms with E-state index in [1.165, 1.54) is 6.26 Å². The van der Waals surface area contributed by atoms with Gasteiger partial charge < -0.3 is 28.4 Å². The zero-order chi connectivity index (χ0) is 21.7. The van der Waals surface area contributed by atoms with E-state index in [0.717, 1.165) is 11.1 Å². The third kappa shape index (κ3) is 5.17. The number of rotatable bonds is 8. The quantitative estimate of drug-likeness (QED) is 0.590. The molecule has 0 amide bonds. The molecule has 2 aromatic carbocycles. The highest BCUT2D eigenvalue weighted by Crippen LogP contribution is 2.41. The molecule has 2 aliphatic heterocycles. The molecule has 0 bridgehead atoms. The first-order valence-corrected chi connectivity index (χ1v) is 10.6. The molecule has 0 unspecified atom stereocenters. The normalized spacial score (nSPS) is 29.7. The second kappa shape index (κ2) is 9.51. The van der Waals surface area contributed by atoms with Crippen LogP contribution in [0, 0.1) is 0 Å². The van der Waals surface area contributed by atoms with Crippen LogP contribution in [-0.2, 0) is 41.6 Å². The highest BCUT2D eigenvalue weighted by atomic mass is 16.8. The SMILES string of the molecule is C=CO[C@H]1CO[C@@]2(COC(C)(C)O2)[C@@H](OCc2ccccc2)[C@@H]1OCc1ccccc1. The molecular formula is C25H30O6. The van der Waals surface area contributed by atoms with Crippen molar-refractivity contribution in [3.05, 3.63) is 84.6 Å². The molecule has 4 atom stereocenters. The van der Waals surface area contributed by atoms with Crippen LogP contribution in [-0.4, -0.2) is 43.1 Å². The first kappa shape index (κ1) is 22.0. The fourth-order valence-electron chi connectivity index (χ4n) is 3.99. The van der Waals surface area contributed by atoms with Crippen molar-refractivity contribution in [2.24, 2.45) is 0 Å². The summed E-state index contributed by atoms with van der Waals surface area (Å²) < 4.78 is 36.9. The molecule has 4 rings (SSSR count). The molecule has 2 saturated heterocycles. The van der Waals surface area contributed by atoms with Crippen molar-refractivity contribution in [2.45, 2.75) is 56.9 Å². The van der Waals surface area contributed by atoms with Crippen LogP contribution < -0.4 is 0 Å². The summed E-state index contributed by atoms with van der Waals surface area (Å²) in [4.78, 5) is 0. The van der Waals surface area contributed by atoms with Crippen molar-refractivity contribution in [1.29, 1.82) is 0 Å². The van der Waals surface area contributed by atoms with Crippen LogP contribution in [0.15, 0.2) is 73.5 Å². The lowest BCUT2D eigenvalue weighted by Gasteiger charge is -2.46. The summed E-state index contributed by atoms with van der Waals surface area (Å²) >= 11 is 0. The van der Waals surface area contributed by atoms with Gasteiger partial charge in [-0.1, -0.05) is 67.2 Å². The van der Waals surface area contributed by atoms with Crippen LogP contribution in [0.3, 0.4) is 0 Å². The molecule has 0 N–H and O–H groups in total. The van der Waals surface area contributed by atoms with Crippen molar-refractivity contribution in [3.8, 4) is 0 Å². The molecule has 31 heavy (non-hydrogen) atoms. The third-order valence-electron chi connectivity index (χ3n) is 5.46. The van der Waals surface area contributed by atoms with Crippen LogP contribution >= 0.6 is 0 Å². The summed E-state index contributed by atoms with van der Waals surface area (Å²) in [5.74, 6) is -1.87. The van der Waals surface area contributed by atoms with E-state index < -0.39 is 23.8 Å². The molecular weight excluding hydrogens is 396 g/mol. The predicted octanol–water partition coefficient (Wildman–Crippen LogP) is 4.20. The van der Waals surface area contributed by atoms with Crippen molar-refractivity contribution in [3.63, 3.8) is 0 Å². The minimum atomic E-state index is -1.08. The van der Waals surface area contributed by atoms with Crippen LogP contribution in [0.25, 0.3) is 0 Å². The zero-order valence-corrected chi connectivity index (χ0v) is 18.1. The Bertz CT molecular complexity index is 840. The first-order chi connectivity index (χ1) is 15.0. The molecule has 0 aliphatic carbocycles. The minimum absolute atomic E-state index is 0.242. The van der Waals surface area contributed by atoms with E-state index in [2.05, 4.69) is 6.58 Å². The molecule has 6 nitrogen and oxygen atoms in total. The summed E-state index contributed by atoms with van der Waals surface area (Å²) in [7, 11) is 0. The van der Waals surface area contributed by atoms with Crippen molar-refractivity contribution >= 4 is 0 Å². The molecule has 0 saturated carbocycles. The van der Waals surface area contributed by atoms with Gasteiger partial charge in [-0.05, 0) is 25.0 Å². The molecule has 2 heterocycles. The maximum absolute atomic E-state index is 6.41.